The molecule has 0 saturated heterocycles. The van der Waals surface area contributed by atoms with Gasteiger partial charge in [0.2, 0.25) is 0 Å². The first-order valence-electron chi connectivity index (χ1n) is 5.79. The van der Waals surface area contributed by atoms with E-state index in [-0.39, 0.29) is 17.0 Å². The van der Waals surface area contributed by atoms with Crippen molar-refractivity contribution >= 4 is 11.7 Å². The molecule has 6 heteroatoms. The fourth-order valence-corrected chi connectivity index (χ4v) is 1.45. The van der Waals surface area contributed by atoms with Crippen molar-refractivity contribution in [3.8, 4) is 17.6 Å². The highest BCUT2D eigenvalue weighted by Gasteiger charge is 2.06. The zero-order valence-electron chi connectivity index (χ0n) is 10.6. The molecule has 0 radical (unpaired) electrons. The van der Waals surface area contributed by atoms with Crippen LogP contribution in [0.2, 0.25) is 0 Å². The van der Waals surface area contributed by atoms with Crippen LogP contribution in [0.1, 0.15) is 5.56 Å². The first-order valence-corrected chi connectivity index (χ1v) is 5.79. The van der Waals surface area contributed by atoms with E-state index < -0.39 is 16.7 Å². The summed E-state index contributed by atoms with van der Waals surface area (Å²) < 4.78 is 18.1. The molecule has 104 valence electrons. The number of benzene rings is 2. The number of carbonyl (C=O) groups is 1. The third-order valence-corrected chi connectivity index (χ3v) is 2.43. The molecule has 5 nitrogen and oxygen atoms in total. The highest BCUT2D eigenvalue weighted by molar-refractivity contribution is 5.90. The van der Waals surface area contributed by atoms with Crippen molar-refractivity contribution in [1.29, 1.82) is 0 Å². The standard InChI is InChI=1S/C15H8FNO4/c16-14-4-2-1-3-11(14)5-10-15(18)21-13-8-6-12(7-9-13)17(19)20/h1-4,6-9H. The van der Waals surface area contributed by atoms with Crippen LogP contribution in [0.5, 0.6) is 5.75 Å². The third-order valence-electron chi connectivity index (χ3n) is 2.43. The maximum atomic E-state index is 13.3. The van der Waals surface area contributed by atoms with Crippen molar-refractivity contribution in [2.45, 2.75) is 0 Å². The first-order chi connectivity index (χ1) is 10.1. The minimum Gasteiger partial charge on any atom is -0.417 e. The number of rotatable bonds is 2. The summed E-state index contributed by atoms with van der Waals surface area (Å²) >= 11 is 0. The number of hydrogen-bond acceptors (Lipinski definition) is 4. The van der Waals surface area contributed by atoms with Crippen molar-refractivity contribution in [3.05, 3.63) is 70.0 Å². The predicted octanol–water partition coefficient (Wildman–Crippen LogP) is 2.69. The van der Waals surface area contributed by atoms with E-state index >= 15 is 0 Å². The summed E-state index contributed by atoms with van der Waals surface area (Å²) in [5.74, 6) is 3.20. The van der Waals surface area contributed by atoms with Crippen molar-refractivity contribution in [1.82, 2.24) is 0 Å². The molecule has 0 unspecified atom stereocenters. The zero-order chi connectivity index (χ0) is 15.2. The van der Waals surface area contributed by atoms with Crippen LogP contribution >= 0.6 is 0 Å². The van der Waals surface area contributed by atoms with Gasteiger partial charge in [-0.25, -0.2) is 9.18 Å². The van der Waals surface area contributed by atoms with Crippen LogP contribution in [0.3, 0.4) is 0 Å². The first kappa shape index (κ1) is 14.2. The molecule has 2 aromatic rings. The number of nitro benzene ring substituents is 1. The summed E-state index contributed by atoms with van der Waals surface area (Å²) in [6.07, 6.45) is 0. The number of ether oxygens (including phenoxy) is 1. The molecule has 0 heterocycles. The SMILES string of the molecule is O=C(C#Cc1ccccc1F)Oc1ccc([N+](=O)[O-])cc1. The lowest BCUT2D eigenvalue weighted by atomic mass is 10.2. The van der Waals surface area contributed by atoms with Gasteiger partial charge in [-0.15, -0.1) is 0 Å². The van der Waals surface area contributed by atoms with Gasteiger partial charge in [0.15, 0.2) is 0 Å². The van der Waals surface area contributed by atoms with Crippen molar-refractivity contribution in [2.24, 2.45) is 0 Å². The van der Waals surface area contributed by atoms with Crippen LogP contribution in [-0.4, -0.2) is 10.9 Å². The third kappa shape index (κ3) is 3.88. The molecule has 0 fully saturated rings. The molecular formula is C15H8FNO4. The maximum Gasteiger partial charge on any atom is 0.390 e. The second-order valence-electron chi connectivity index (χ2n) is 3.87. The van der Waals surface area contributed by atoms with Gasteiger partial charge >= 0.3 is 5.97 Å². The van der Waals surface area contributed by atoms with Gasteiger partial charge in [-0.1, -0.05) is 18.1 Å². The smallest absolute Gasteiger partial charge is 0.390 e. The summed E-state index contributed by atoms with van der Waals surface area (Å²) in [5, 5.41) is 10.5. The minimum absolute atomic E-state index is 0.0816. The van der Waals surface area contributed by atoms with Gasteiger partial charge in [-0.3, -0.25) is 10.1 Å². The Morgan fingerprint density at radius 2 is 1.81 bits per heavy atom. The van der Waals surface area contributed by atoms with Gasteiger partial charge in [0, 0.05) is 18.1 Å². The van der Waals surface area contributed by atoms with E-state index in [1.165, 1.54) is 42.5 Å². The van der Waals surface area contributed by atoms with Crippen LogP contribution in [-0.2, 0) is 4.79 Å². The number of halogens is 1. The quantitative estimate of drug-likeness (QED) is 0.280. The second-order valence-corrected chi connectivity index (χ2v) is 3.87. The largest absolute Gasteiger partial charge is 0.417 e. The summed E-state index contributed by atoms with van der Waals surface area (Å²) in [7, 11) is 0. The predicted molar refractivity (Wildman–Crippen MR) is 72.0 cm³/mol. The fourth-order valence-electron chi connectivity index (χ4n) is 1.45. The molecule has 0 atom stereocenters. The highest BCUT2D eigenvalue weighted by Crippen LogP contribution is 2.17. The molecular weight excluding hydrogens is 277 g/mol. The van der Waals surface area contributed by atoms with Gasteiger partial charge in [-0.05, 0) is 24.3 Å². The topological polar surface area (TPSA) is 69.4 Å². The monoisotopic (exact) mass is 285 g/mol. The Bertz CT molecular complexity index is 744. The molecule has 0 aliphatic carbocycles. The second kappa shape index (κ2) is 6.30. The molecule has 2 aromatic carbocycles. The normalized spacial score (nSPS) is 9.38. The Morgan fingerprint density at radius 3 is 2.43 bits per heavy atom. The number of non-ortho nitro benzene ring substituents is 1. The summed E-state index contributed by atoms with van der Waals surface area (Å²) in [4.78, 5) is 21.4. The van der Waals surface area contributed by atoms with Gasteiger partial charge in [0.1, 0.15) is 11.6 Å². The minimum atomic E-state index is -0.882. The van der Waals surface area contributed by atoms with Crippen LogP contribution in [0, 0.1) is 27.8 Å². The molecule has 0 N–H and O–H groups in total. The average Bonchev–Trinajstić information content (AvgIpc) is 2.47. The molecule has 21 heavy (non-hydrogen) atoms. The molecule has 0 aromatic heterocycles. The van der Waals surface area contributed by atoms with Crippen molar-refractivity contribution in [3.63, 3.8) is 0 Å². The van der Waals surface area contributed by atoms with E-state index in [2.05, 4.69) is 11.8 Å². The van der Waals surface area contributed by atoms with Gasteiger partial charge in [0.05, 0.1) is 10.5 Å². The molecule has 0 aliphatic heterocycles. The van der Waals surface area contributed by atoms with E-state index in [9.17, 15) is 19.3 Å². The average molecular weight is 285 g/mol. The van der Waals surface area contributed by atoms with E-state index in [1.807, 2.05) is 0 Å². The summed E-state index contributed by atoms with van der Waals surface area (Å²) in [6, 6.07) is 10.7. The zero-order valence-corrected chi connectivity index (χ0v) is 10.6. The molecule has 0 bridgehead atoms. The Kier molecular flexibility index (Phi) is 4.26. The number of hydrogen-bond donors (Lipinski definition) is 0. The Balaban J connectivity index is 2.06. The molecule has 0 amide bonds. The van der Waals surface area contributed by atoms with E-state index in [1.54, 1.807) is 6.07 Å². The number of nitro groups is 1. The van der Waals surface area contributed by atoms with Crippen LogP contribution < -0.4 is 4.74 Å². The van der Waals surface area contributed by atoms with Crippen LogP contribution in [0.25, 0.3) is 0 Å². The van der Waals surface area contributed by atoms with Crippen molar-refractivity contribution < 1.29 is 18.8 Å². The van der Waals surface area contributed by atoms with Crippen LogP contribution in [0.4, 0.5) is 10.1 Å². The van der Waals surface area contributed by atoms with Gasteiger partial charge < -0.3 is 4.74 Å². The van der Waals surface area contributed by atoms with Gasteiger partial charge in [0.25, 0.3) is 5.69 Å². The fraction of sp³-hybridized carbons (Fsp3) is 0. The Hall–Kier alpha value is -3.20. The summed E-state index contributed by atoms with van der Waals surface area (Å²) in [5.41, 5.74) is -0.0367. The molecule has 0 aliphatic rings. The number of esters is 1. The van der Waals surface area contributed by atoms with E-state index in [0.717, 1.165) is 0 Å². The Labute approximate surface area is 119 Å². The molecule has 0 saturated carbocycles. The molecule has 2 rings (SSSR count). The lowest BCUT2D eigenvalue weighted by Crippen LogP contribution is -2.04. The lowest BCUT2D eigenvalue weighted by molar-refractivity contribution is -0.384. The lowest BCUT2D eigenvalue weighted by Gasteiger charge is -1.98. The van der Waals surface area contributed by atoms with Gasteiger partial charge in [-0.2, -0.15) is 0 Å². The van der Waals surface area contributed by atoms with E-state index in [4.69, 9.17) is 4.74 Å². The number of nitrogens with zero attached hydrogens (tertiary/aromatic N) is 1. The molecule has 0 spiro atoms. The van der Waals surface area contributed by atoms with Crippen molar-refractivity contribution in [2.75, 3.05) is 0 Å². The number of carbonyl (C=O) groups excluding carboxylic acids is 1. The maximum absolute atomic E-state index is 13.3. The highest BCUT2D eigenvalue weighted by atomic mass is 19.1. The summed E-state index contributed by atoms with van der Waals surface area (Å²) in [6.45, 7) is 0. The van der Waals surface area contributed by atoms with Crippen LogP contribution in [0.15, 0.2) is 48.5 Å². The Morgan fingerprint density at radius 1 is 1.14 bits per heavy atom. The van der Waals surface area contributed by atoms with E-state index in [0.29, 0.717) is 0 Å².